The Balaban J connectivity index is 1.70. The first-order chi connectivity index (χ1) is 8.27. The number of likely N-dealkylation sites (tertiary alicyclic amines) is 1. The molecular weight excluding hydrogens is 220 g/mol. The van der Waals surface area contributed by atoms with E-state index in [2.05, 4.69) is 10.2 Å². The second kappa shape index (κ2) is 5.84. The number of furan rings is 1. The van der Waals surface area contributed by atoms with Gasteiger partial charge in [0.15, 0.2) is 0 Å². The number of carboxylic acid groups (broad SMARTS) is 1. The van der Waals surface area contributed by atoms with Crippen molar-refractivity contribution in [1.82, 2.24) is 10.2 Å². The first-order valence-corrected chi connectivity index (χ1v) is 6.00. The van der Waals surface area contributed by atoms with E-state index in [1.165, 1.54) is 38.3 Å². The van der Waals surface area contributed by atoms with Crippen LogP contribution in [0.1, 0.15) is 29.0 Å². The fraction of sp³-hybridized carbons (Fsp3) is 0.583. The van der Waals surface area contributed by atoms with Crippen LogP contribution in [0, 0.1) is 0 Å². The smallest absolute Gasteiger partial charge is 0.339 e. The SMILES string of the molecule is O=C(O)c1ccoc1CNCCN1CCCC1. The maximum absolute atomic E-state index is 10.8. The maximum Gasteiger partial charge on any atom is 0.339 e. The number of carbonyl (C=O) groups is 1. The minimum Gasteiger partial charge on any atom is -0.478 e. The Morgan fingerprint density at radius 1 is 1.47 bits per heavy atom. The largest absolute Gasteiger partial charge is 0.478 e. The van der Waals surface area contributed by atoms with Gasteiger partial charge in [-0.05, 0) is 32.0 Å². The van der Waals surface area contributed by atoms with Crippen LogP contribution in [0.5, 0.6) is 0 Å². The van der Waals surface area contributed by atoms with Crippen molar-refractivity contribution in [2.45, 2.75) is 19.4 Å². The molecule has 1 aromatic heterocycles. The summed E-state index contributed by atoms with van der Waals surface area (Å²) in [6.45, 7) is 4.72. The molecule has 1 aliphatic rings. The van der Waals surface area contributed by atoms with E-state index in [1.54, 1.807) is 0 Å². The van der Waals surface area contributed by atoms with E-state index in [-0.39, 0.29) is 5.56 Å². The molecule has 2 heterocycles. The van der Waals surface area contributed by atoms with Gasteiger partial charge in [0.2, 0.25) is 0 Å². The van der Waals surface area contributed by atoms with Crippen molar-refractivity contribution in [3.05, 3.63) is 23.7 Å². The van der Waals surface area contributed by atoms with Crippen LogP contribution in [0.4, 0.5) is 0 Å². The molecule has 1 aliphatic heterocycles. The molecule has 5 heteroatoms. The molecule has 2 rings (SSSR count). The normalized spacial score (nSPS) is 16.5. The predicted molar refractivity (Wildman–Crippen MR) is 63.0 cm³/mol. The van der Waals surface area contributed by atoms with E-state index >= 15 is 0 Å². The summed E-state index contributed by atoms with van der Waals surface area (Å²) in [6.07, 6.45) is 4.00. The van der Waals surface area contributed by atoms with E-state index in [4.69, 9.17) is 9.52 Å². The van der Waals surface area contributed by atoms with Gasteiger partial charge in [-0.15, -0.1) is 0 Å². The van der Waals surface area contributed by atoms with Gasteiger partial charge in [-0.3, -0.25) is 0 Å². The fourth-order valence-electron chi connectivity index (χ4n) is 2.11. The summed E-state index contributed by atoms with van der Waals surface area (Å²) in [4.78, 5) is 13.2. The Kier molecular flexibility index (Phi) is 4.17. The summed E-state index contributed by atoms with van der Waals surface area (Å²) in [5.41, 5.74) is 0.249. The van der Waals surface area contributed by atoms with Crippen LogP contribution in [0.3, 0.4) is 0 Å². The van der Waals surface area contributed by atoms with Gasteiger partial charge in [-0.2, -0.15) is 0 Å². The average Bonchev–Trinajstić information content (AvgIpc) is 2.95. The molecule has 0 aromatic carbocycles. The summed E-state index contributed by atoms with van der Waals surface area (Å²) in [5, 5.41) is 12.1. The van der Waals surface area contributed by atoms with Crippen molar-refractivity contribution in [3.63, 3.8) is 0 Å². The van der Waals surface area contributed by atoms with E-state index < -0.39 is 5.97 Å². The number of aromatic carboxylic acids is 1. The summed E-state index contributed by atoms with van der Waals surface area (Å²) in [7, 11) is 0. The number of rotatable bonds is 6. The Bertz CT molecular complexity index is 370. The number of nitrogens with zero attached hydrogens (tertiary/aromatic N) is 1. The molecule has 0 unspecified atom stereocenters. The minimum atomic E-state index is -0.935. The Morgan fingerprint density at radius 2 is 2.24 bits per heavy atom. The molecule has 0 atom stereocenters. The zero-order chi connectivity index (χ0) is 12.1. The second-order valence-electron chi connectivity index (χ2n) is 4.29. The lowest BCUT2D eigenvalue weighted by Crippen LogP contribution is -2.29. The van der Waals surface area contributed by atoms with Crippen LogP contribution < -0.4 is 5.32 Å². The lowest BCUT2D eigenvalue weighted by Gasteiger charge is -2.14. The molecule has 94 valence electrons. The highest BCUT2D eigenvalue weighted by molar-refractivity contribution is 5.88. The van der Waals surface area contributed by atoms with Crippen molar-refractivity contribution in [2.75, 3.05) is 26.2 Å². The minimum absolute atomic E-state index is 0.249. The topological polar surface area (TPSA) is 65.7 Å². The lowest BCUT2D eigenvalue weighted by molar-refractivity contribution is 0.0694. The van der Waals surface area contributed by atoms with Gasteiger partial charge in [0.05, 0.1) is 12.8 Å². The molecule has 0 radical (unpaired) electrons. The van der Waals surface area contributed by atoms with Gasteiger partial charge in [-0.1, -0.05) is 0 Å². The molecule has 5 nitrogen and oxygen atoms in total. The molecule has 0 amide bonds. The summed E-state index contributed by atoms with van der Waals surface area (Å²) in [6, 6.07) is 1.49. The molecule has 17 heavy (non-hydrogen) atoms. The number of nitrogens with one attached hydrogen (secondary N) is 1. The van der Waals surface area contributed by atoms with Gasteiger partial charge < -0.3 is 19.7 Å². The molecule has 1 aromatic rings. The molecule has 0 saturated carbocycles. The van der Waals surface area contributed by atoms with E-state index in [9.17, 15) is 4.79 Å². The zero-order valence-electron chi connectivity index (χ0n) is 9.82. The first kappa shape index (κ1) is 12.1. The van der Waals surface area contributed by atoms with Crippen LogP contribution in [-0.2, 0) is 6.54 Å². The van der Waals surface area contributed by atoms with Crippen LogP contribution in [-0.4, -0.2) is 42.2 Å². The van der Waals surface area contributed by atoms with Gasteiger partial charge >= 0.3 is 5.97 Å². The van der Waals surface area contributed by atoms with Crippen LogP contribution >= 0.6 is 0 Å². The molecule has 1 saturated heterocycles. The van der Waals surface area contributed by atoms with E-state index in [0.717, 1.165) is 13.1 Å². The van der Waals surface area contributed by atoms with Crippen LogP contribution in [0.15, 0.2) is 16.7 Å². The van der Waals surface area contributed by atoms with Crippen molar-refractivity contribution >= 4 is 5.97 Å². The average molecular weight is 238 g/mol. The molecule has 0 aliphatic carbocycles. The predicted octanol–water partition coefficient (Wildman–Crippen LogP) is 1.16. The first-order valence-electron chi connectivity index (χ1n) is 6.00. The third kappa shape index (κ3) is 3.31. The van der Waals surface area contributed by atoms with Gasteiger partial charge in [0, 0.05) is 13.1 Å². The summed E-state index contributed by atoms with van der Waals surface area (Å²) >= 11 is 0. The Labute approximate surface area is 100 Å². The number of carboxylic acids is 1. The summed E-state index contributed by atoms with van der Waals surface area (Å²) < 4.78 is 5.14. The van der Waals surface area contributed by atoms with E-state index in [1.807, 2.05) is 0 Å². The number of hydrogen-bond donors (Lipinski definition) is 2. The third-order valence-corrected chi connectivity index (χ3v) is 3.06. The maximum atomic E-state index is 10.8. The molecule has 2 N–H and O–H groups in total. The highest BCUT2D eigenvalue weighted by Gasteiger charge is 2.13. The molecular formula is C12H18N2O3. The van der Waals surface area contributed by atoms with Crippen LogP contribution in [0.25, 0.3) is 0 Å². The van der Waals surface area contributed by atoms with Crippen LogP contribution in [0.2, 0.25) is 0 Å². The van der Waals surface area contributed by atoms with Crippen molar-refractivity contribution in [3.8, 4) is 0 Å². The highest BCUT2D eigenvalue weighted by Crippen LogP contribution is 2.10. The van der Waals surface area contributed by atoms with Gasteiger partial charge in [-0.25, -0.2) is 4.79 Å². The lowest BCUT2D eigenvalue weighted by atomic mass is 10.2. The Morgan fingerprint density at radius 3 is 2.94 bits per heavy atom. The summed E-state index contributed by atoms with van der Waals surface area (Å²) in [5.74, 6) is -0.436. The standard InChI is InChI=1S/C12H18N2O3/c15-12(16)10-3-8-17-11(10)9-13-4-7-14-5-1-2-6-14/h3,8,13H,1-2,4-7,9H2,(H,15,16). The monoisotopic (exact) mass is 238 g/mol. The Hall–Kier alpha value is -1.33. The highest BCUT2D eigenvalue weighted by atomic mass is 16.4. The molecule has 0 bridgehead atoms. The van der Waals surface area contributed by atoms with Crippen molar-refractivity contribution in [1.29, 1.82) is 0 Å². The third-order valence-electron chi connectivity index (χ3n) is 3.06. The van der Waals surface area contributed by atoms with Crippen molar-refractivity contribution in [2.24, 2.45) is 0 Å². The van der Waals surface area contributed by atoms with Gasteiger partial charge in [0.1, 0.15) is 11.3 Å². The van der Waals surface area contributed by atoms with Crippen molar-refractivity contribution < 1.29 is 14.3 Å². The zero-order valence-corrected chi connectivity index (χ0v) is 9.82. The molecule has 0 spiro atoms. The van der Waals surface area contributed by atoms with Gasteiger partial charge in [0.25, 0.3) is 0 Å². The van der Waals surface area contributed by atoms with E-state index in [0.29, 0.717) is 12.3 Å². The second-order valence-corrected chi connectivity index (χ2v) is 4.29. The fourth-order valence-corrected chi connectivity index (χ4v) is 2.11. The molecule has 1 fully saturated rings. The quantitative estimate of drug-likeness (QED) is 0.728. The number of hydrogen-bond acceptors (Lipinski definition) is 4.